The van der Waals surface area contributed by atoms with E-state index in [0.717, 1.165) is 4.68 Å². The molecule has 0 radical (unpaired) electrons. The lowest BCUT2D eigenvalue weighted by molar-refractivity contribution is -0.173. The van der Waals surface area contributed by atoms with Gasteiger partial charge in [-0.3, -0.25) is 4.79 Å². The van der Waals surface area contributed by atoms with Crippen LogP contribution in [0.1, 0.15) is 34.6 Å². The molecule has 2 aliphatic rings. The molecule has 0 unspecified atom stereocenters. The monoisotopic (exact) mass is 460 g/mol. The highest BCUT2D eigenvalue weighted by atomic mass is 19.4. The van der Waals surface area contributed by atoms with Crippen molar-refractivity contribution in [3.8, 4) is 17.2 Å². The SMILES string of the molecule is COc1ccc(NC(=O)c2cc3n(n2)[C@H](C(F)(F)F)C[C@@H](c2ccc4c(c2)OCO4)N3)cc1. The summed E-state index contributed by atoms with van der Waals surface area (Å²) in [5.74, 6) is 1.12. The number of fused-ring (bicyclic) bond motifs is 2. The van der Waals surface area contributed by atoms with Crippen molar-refractivity contribution in [2.45, 2.75) is 24.7 Å². The second-order valence-electron chi connectivity index (χ2n) is 7.64. The zero-order chi connectivity index (χ0) is 23.2. The van der Waals surface area contributed by atoms with Gasteiger partial charge in [-0.2, -0.15) is 18.3 Å². The topological polar surface area (TPSA) is 86.6 Å². The molecule has 1 aromatic heterocycles. The summed E-state index contributed by atoms with van der Waals surface area (Å²) in [6, 6.07) is 10.4. The summed E-state index contributed by atoms with van der Waals surface area (Å²) in [5.41, 5.74) is 0.949. The first-order chi connectivity index (χ1) is 15.8. The fraction of sp³-hybridized carbons (Fsp3) is 0.273. The maximum absolute atomic E-state index is 13.9. The van der Waals surface area contributed by atoms with Crippen molar-refractivity contribution in [1.29, 1.82) is 0 Å². The van der Waals surface area contributed by atoms with Gasteiger partial charge in [0.15, 0.2) is 23.2 Å². The number of carbonyl (C=O) groups excluding carboxylic acids is 1. The summed E-state index contributed by atoms with van der Waals surface area (Å²) in [5, 5.41) is 9.67. The number of halogens is 3. The lowest BCUT2D eigenvalue weighted by Gasteiger charge is -2.33. The Morgan fingerprint density at radius 3 is 2.64 bits per heavy atom. The Labute approximate surface area is 186 Å². The van der Waals surface area contributed by atoms with Crippen LogP contribution >= 0.6 is 0 Å². The maximum atomic E-state index is 13.9. The summed E-state index contributed by atoms with van der Waals surface area (Å²) in [7, 11) is 1.52. The Morgan fingerprint density at radius 2 is 1.91 bits per heavy atom. The number of anilines is 2. The zero-order valence-electron chi connectivity index (χ0n) is 17.3. The van der Waals surface area contributed by atoms with E-state index in [1.54, 1.807) is 42.5 Å². The van der Waals surface area contributed by atoms with Crippen LogP contribution in [0.5, 0.6) is 17.2 Å². The Morgan fingerprint density at radius 1 is 1.15 bits per heavy atom. The molecule has 0 saturated heterocycles. The van der Waals surface area contributed by atoms with E-state index in [-0.39, 0.29) is 24.7 Å². The van der Waals surface area contributed by atoms with Gasteiger partial charge in [0.1, 0.15) is 11.6 Å². The first-order valence-electron chi connectivity index (χ1n) is 10.1. The second-order valence-corrected chi connectivity index (χ2v) is 7.64. The van der Waals surface area contributed by atoms with Crippen molar-refractivity contribution in [2.24, 2.45) is 0 Å². The molecule has 0 aliphatic carbocycles. The van der Waals surface area contributed by atoms with Gasteiger partial charge in [0, 0.05) is 18.2 Å². The molecule has 11 heteroatoms. The van der Waals surface area contributed by atoms with Gasteiger partial charge in [0.05, 0.1) is 13.2 Å². The summed E-state index contributed by atoms with van der Waals surface area (Å²) in [4.78, 5) is 12.7. The highest BCUT2D eigenvalue weighted by molar-refractivity contribution is 6.03. The lowest BCUT2D eigenvalue weighted by Crippen LogP contribution is -2.35. The van der Waals surface area contributed by atoms with Crippen LogP contribution in [-0.2, 0) is 0 Å². The Kier molecular flexibility index (Phi) is 5.03. The summed E-state index contributed by atoms with van der Waals surface area (Å²) in [6.45, 7) is 0.0709. The molecule has 2 atom stereocenters. The van der Waals surface area contributed by atoms with Crippen LogP contribution in [0.25, 0.3) is 0 Å². The number of hydrogen-bond donors (Lipinski definition) is 2. The number of hydrogen-bond acceptors (Lipinski definition) is 6. The van der Waals surface area contributed by atoms with Gasteiger partial charge in [-0.15, -0.1) is 0 Å². The quantitative estimate of drug-likeness (QED) is 0.595. The number of alkyl halides is 3. The molecule has 8 nitrogen and oxygen atoms in total. The zero-order valence-corrected chi connectivity index (χ0v) is 17.3. The van der Waals surface area contributed by atoms with E-state index in [9.17, 15) is 18.0 Å². The van der Waals surface area contributed by atoms with Gasteiger partial charge in [-0.05, 0) is 42.0 Å². The van der Waals surface area contributed by atoms with E-state index in [0.29, 0.717) is 28.5 Å². The van der Waals surface area contributed by atoms with E-state index in [4.69, 9.17) is 14.2 Å². The summed E-state index contributed by atoms with van der Waals surface area (Å²) in [6.07, 6.45) is -4.85. The van der Waals surface area contributed by atoms with Gasteiger partial charge in [-0.25, -0.2) is 4.68 Å². The fourth-order valence-electron chi connectivity index (χ4n) is 3.90. The van der Waals surface area contributed by atoms with Crippen molar-refractivity contribution in [2.75, 3.05) is 24.5 Å². The molecule has 2 N–H and O–H groups in total. The minimum Gasteiger partial charge on any atom is -0.497 e. The maximum Gasteiger partial charge on any atom is 0.410 e. The predicted octanol–water partition coefficient (Wildman–Crippen LogP) is 4.53. The van der Waals surface area contributed by atoms with Gasteiger partial charge in [-0.1, -0.05) is 6.07 Å². The highest BCUT2D eigenvalue weighted by Crippen LogP contribution is 2.45. The van der Waals surface area contributed by atoms with E-state index in [2.05, 4.69) is 15.7 Å². The van der Waals surface area contributed by atoms with Crippen LogP contribution in [-0.4, -0.2) is 35.8 Å². The summed E-state index contributed by atoms with van der Waals surface area (Å²) < 4.78 is 58.3. The van der Waals surface area contributed by atoms with Crippen molar-refractivity contribution >= 4 is 17.4 Å². The first kappa shape index (κ1) is 21.0. The number of amides is 1. The van der Waals surface area contributed by atoms with E-state index in [1.807, 2.05) is 0 Å². The molecule has 172 valence electrons. The molecule has 3 aromatic rings. The first-order valence-corrected chi connectivity index (χ1v) is 10.1. The molecule has 2 aromatic carbocycles. The molecule has 1 amide bonds. The standard InChI is InChI=1S/C22H19F3N4O4/c1-31-14-5-3-13(4-6-14)26-21(30)16-10-20-27-15(9-19(22(23,24)25)29(20)28-16)12-2-7-17-18(8-12)33-11-32-17/h2-8,10,15,19,27H,9,11H2,1H3,(H,26,30)/t15-,19-/m0/s1. The third-order valence-corrected chi connectivity index (χ3v) is 5.57. The molecule has 0 saturated carbocycles. The third-order valence-electron chi connectivity index (χ3n) is 5.57. The number of nitrogens with one attached hydrogen (secondary N) is 2. The van der Waals surface area contributed by atoms with Gasteiger partial charge >= 0.3 is 6.18 Å². The second kappa shape index (κ2) is 7.91. The van der Waals surface area contributed by atoms with E-state index in [1.165, 1.54) is 13.2 Å². The normalized spacial score (nSPS) is 18.9. The molecule has 2 aliphatic heterocycles. The van der Waals surface area contributed by atoms with Crippen molar-refractivity contribution in [3.05, 3.63) is 59.8 Å². The predicted molar refractivity (Wildman–Crippen MR) is 112 cm³/mol. The van der Waals surface area contributed by atoms with Crippen molar-refractivity contribution in [1.82, 2.24) is 9.78 Å². The molecule has 3 heterocycles. The number of nitrogens with zero attached hydrogens (tertiary/aromatic N) is 2. The Hall–Kier alpha value is -3.89. The number of benzene rings is 2. The average molecular weight is 460 g/mol. The fourth-order valence-corrected chi connectivity index (χ4v) is 3.90. The van der Waals surface area contributed by atoms with Crippen molar-refractivity contribution in [3.63, 3.8) is 0 Å². The molecular weight excluding hydrogens is 441 g/mol. The van der Waals surface area contributed by atoms with Gasteiger partial charge in [0.25, 0.3) is 5.91 Å². The van der Waals surface area contributed by atoms with Crippen LogP contribution in [0, 0.1) is 0 Å². The summed E-state index contributed by atoms with van der Waals surface area (Å²) >= 11 is 0. The smallest absolute Gasteiger partial charge is 0.410 e. The number of methoxy groups -OCH3 is 1. The largest absolute Gasteiger partial charge is 0.497 e. The van der Waals surface area contributed by atoms with Gasteiger partial charge in [0.2, 0.25) is 6.79 Å². The minimum absolute atomic E-state index is 0.0709. The van der Waals surface area contributed by atoms with Gasteiger partial charge < -0.3 is 24.8 Å². The van der Waals surface area contributed by atoms with Crippen LogP contribution in [0.2, 0.25) is 0 Å². The molecule has 0 bridgehead atoms. The van der Waals surface area contributed by atoms with Crippen LogP contribution in [0.4, 0.5) is 24.7 Å². The molecule has 5 rings (SSSR count). The number of carbonyl (C=O) groups is 1. The number of aromatic nitrogens is 2. The average Bonchev–Trinajstić information content (AvgIpc) is 3.44. The Balaban J connectivity index is 1.42. The van der Waals surface area contributed by atoms with Crippen LogP contribution in [0.3, 0.4) is 0 Å². The molecule has 33 heavy (non-hydrogen) atoms. The van der Waals surface area contributed by atoms with E-state index >= 15 is 0 Å². The molecule has 0 fully saturated rings. The lowest BCUT2D eigenvalue weighted by atomic mass is 9.96. The Bertz CT molecular complexity index is 1190. The molecular formula is C22H19F3N4O4. The van der Waals surface area contributed by atoms with Crippen LogP contribution in [0.15, 0.2) is 48.5 Å². The third kappa shape index (κ3) is 4.01. The number of ether oxygens (including phenoxy) is 3. The highest BCUT2D eigenvalue weighted by Gasteiger charge is 2.47. The molecule has 0 spiro atoms. The van der Waals surface area contributed by atoms with Crippen LogP contribution < -0.4 is 24.8 Å². The van der Waals surface area contributed by atoms with E-state index < -0.39 is 24.2 Å². The van der Waals surface area contributed by atoms with Crippen molar-refractivity contribution < 1.29 is 32.2 Å². The minimum atomic E-state index is -4.55. The number of rotatable bonds is 4.